The number of hydrogen-bond acceptors (Lipinski definition) is 5. The van der Waals surface area contributed by atoms with Crippen LogP contribution in [0.1, 0.15) is 5.56 Å². The lowest BCUT2D eigenvalue weighted by molar-refractivity contribution is 0.367. The Kier molecular flexibility index (Phi) is 6.46. The van der Waals surface area contributed by atoms with E-state index in [2.05, 4.69) is 5.10 Å². The molecule has 0 aromatic heterocycles. The molecular formula is C15H26N2O3P2. The summed E-state index contributed by atoms with van der Waals surface area (Å²) in [5.41, 5.74) is 0.941. The molecule has 0 spiro atoms. The highest BCUT2D eigenvalue weighted by Gasteiger charge is 2.34. The molecule has 0 atom stereocenters. The molecular weight excluding hydrogens is 318 g/mol. The van der Waals surface area contributed by atoms with Crippen LogP contribution in [0.5, 0.6) is 5.75 Å². The molecule has 0 aliphatic rings. The molecule has 1 rings (SSSR count). The molecule has 0 N–H and O–H groups in total. The van der Waals surface area contributed by atoms with Crippen molar-refractivity contribution < 1.29 is 13.9 Å². The summed E-state index contributed by atoms with van der Waals surface area (Å²) in [5.74, 6) is 0.793. The lowest BCUT2D eigenvalue weighted by Crippen LogP contribution is -2.25. The molecule has 0 radical (unpaired) electrons. The zero-order valence-electron chi connectivity index (χ0n) is 14.2. The molecule has 0 heterocycles. The van der Waals surface area contributed by atoms with Gasteiger partial charge in [0.15, 0.2) is 0 Å². The Bertz CT molecular complexity index is 580. The van der Waals surface area contributed by atoms with Crippen molar-refractivity contribution in [2.75, 3.05) is 47.4 Å². The van der Waals surface area contributed by atoms with Crippen molar-refractivity contribution >= 4 is 20.5 Å². The van der Waals surface area contributed by atoms with E-state index in [1.165, 1.54) is 0 Å². The monoisotopic (exact) mass is 344 g/mol. The second-order valence-corrected chi connectivity index (χ2v) is 13.6. The van der Waals surface area contributed by atoms with Crippen LogP contribution >= 0.6 is 14.3 Å². The zero-order chi connectivity index (χ0) is 17.0. The first-order chi connectivity index (χ1) is 10.0. The van der Waals surface area contributed by atoms with Crippen molar-refractivity contribution in [3.8, 4) is 5.75 Å². The van der Waals surface area contributed by atoms with E-state index >= 15 is 0 Å². The molecule has 22 heavy (non-hydrogen) atoms. The van der Waals surface area contributed by atoms with Crippen molar-refractivity contribution in [1.29, 1.82) is 0 Å². The summed E-state index contributed by atoms with van der Waals surface area (Å²) in [4.78, 5) is 0. The molecule has 124 valence electrons. The lowest BCUT2D eigenvalue weighted by atomic mass is 10.2. The summed E-state index contributed by atoms with van der Waals surface area (Å²) in [7, 11) is -1.48. The molecule has 0 unspecified atom stereocenters. The van der Waals surface area contributed by atoms with Crippen LogP contribution in [-0.4, -0.2) is 64.0 Å². The predicted molar refractivity (Wildman–Crippen MR) is 95.9 cm³/mol. The van der Waals surface area contributed by atoms with Gasteiger partial charge >= 0.3 is 0 Å². The fourth-order valence-corrected chi connectivity index (χ4v) is 8.82. The van der Waals surface area contributed by atoms with Crippen LogP contribution in [0.15, 0.2) is 29.4 Å². The largest absolute Gasteiger partial charge is 0.497 e. The number of rotatable bonds is 7. The van der Waals surface area contributed by atoms with E-state index in [-0.39, 0.29) is 5.40 Å². The molecule has 0 bridgehead atoms. The minimum Gasteiger partial charge on any atom is -0.497 e. The van der Waals surface area contributed by atoms with Gasteiger partial charge in [-0.15, -0.1) is 0 Å². The Morgan fingerprint density at radius 3 is 2.05 bits per heavy atom. The molecule has 0 saturated carbocycles. The van der Waals surface area contributed by atoms with Crippen LogP contribution in [0.3, 0.4) is 0 Å². The smallest absolute Gasteiger partial charge is 0.118 e. The zero-order valence-corrected chi connectivity index (χ0v) is 16.0. The summed E-state index contributed by atoms with van der Waals surface area (Å²) in [6.45, 7) is 7.19. The van der Waals surface area contributed by atoms with Gasteiger partial charge in [-0.05, 0) is 56.5 Å². The average molecular weight is 344 g/mol. The second-order valence-electron chi connectivity index (χ2n) is 6.21. The van der Waals surface area contributed by atoms with E-state index in [0.29, 0.717) is 6.54 Å². The van der Waals surface area contributed by atoms with Gasteiger partial charge in [0, 0.05) is 7.05 Å². The first-order valence-corrected chi connectivity index (χ1v) is 12.4. The van der Waals surface area contributed by atoms with Crippen LogP contribution in [-0.2, 0) is 9.13 Å². The number of hydrogen-bond donors (Lipinski definition) is 0. The van der Waals surface area contributed by atoms with Crippen LogP contribution < -0.4 is 4.74 Å². The van der Waals surface area contributed by atoms with Crippen LogP contribution in [0, 0.1) is 0 Å². The fourth-order valence-electron chi connectivity index (χ4n) is 2.20. The van der Waals surface area contributed by atoms with Crippen molar-refractivity contribution in [1.82, 2.24) is 5.01 Å². The quantitative estimate of drug-likeness (QED) is 0.431. The Hall–Kier alpha value is -1.05. The maximum absolute atomic E-state index is 12.4. The van der Waals surface area contributed by atoms with Gasteiger partial charge in [-0.25, -0.2) is 0 Å². The van der Waals surface area contributed by atoms with Gasteiger partial charge in [0.05, 0.1) is 39.6 Å². The van der Waals surface area contributed by atoms with Crippen molar-refractivity contribution in [2.24, 2.45) is 5.10 Å². The van der Waals surface area contributed by atoms with Crippen LogP contribution in [0.2, 0.25) is 0 Å². The minimum absolute atomic E-state index is 0.335. The molecule has 5 nitrogen and oxygen atoms in total. The van der Waals surface area contributed by atoms with Gasteiger partial charge in [0.25, 0.3) is 0 Å². The standard InChI is InChI=1S/C15H26N2O3P2/c1-17(12-15(21(3,4)18)22(5,6)19)16-11-13-7-9-14(20-2)10-8-13/h7-11,15H,12H2,1-6H3/b16-11-. The highest BCUT2D eigenvalue weighted by Crippen LogP contribution is 2.61. The average Bonchev–Trinajstić information content (AvgIpc) is 2.40. The Morgan fingerprint density at radius 2 is 1.64 bits per heavy atom. The lowest BCUT2D eigenvalue weighted by Gasteiger charge is -2.28. The van der Waals surface area contributed by atoms with Crippen LogP contribution in [0.4, 0.5) is 0 Å². The Balaban J connectivity index is 2.78. The summed E-state index contributed by atoms with van der Waals surface area (Å²) in [5, 5.41) is 5.71. The number of benzene rings is 1. The van der Waals surface area contributed by atoms with Gasteiger partial charge in [0.1, 0.15) is 5.75 Å². The van der Waals surface area contributed by atoms with E-state index < -0.39 is 14.3 Å². The van der Waals surface area contributed by atoms with Gasteiger partial charge in [0.2, 0.25) is 0 Å². The normalized spacial score (nSPS) is 12.9. The van der Waals surface area contributed by atoms with Crippen LogP contribution in [0.25, 0.3) is 0 Å². The first kappa shape index (κ1) is 19.0. The van der Waals surface area contributed by atoms with Crippen molar-refractivity contribution in [3.63, 3.8) is 0 Å². The van der Waals surface area contributed by atoms with Crippen molar-refractivity contribution in [2.45, 2.75) is 5.40 Å². The molecule has 1 aromatic carbocycles. The maximum atomic E-state index is 12.4. The Labute approximate surface area is 133 Å². The fraction of sp³-hybridized carbons (Fsp3) is 0.533. The van der Waals surface area contributed by atoms with E-state index in [9.17, 15) is 9.13 Å². The first-order valence-electron chi connectivity index (χ1n) is 7.02. The number of nitrogens with zero attached hydrogens (tertiary/aromatic N) is 2. The molecule has 0 aliphatic carbocycles. The summed E-state index contributed by atoms with van der Waals surface area (Å²) < 4.78 is 29.9. The summed E-state index contributed by atoms with van der Waals surface area (Å²) in [6, 6.07) is 7.54. The minimum atomic E-state index is -2.45. The number of methoxy groups -OCH3 is 1. The topological polar surface area (TPSA) is 59.0 Å². The second kappa shape index (κ2) is 7.48. The van der Waals surface area contributed by atoms with E-state index in [0.717, 1.165) is 11.3 Å². The van der Waals surface area contributed by atoms with E-state index in [1.54, 1.807) is 52.0 Å². The molecule has 0 aliphatic heterocycles. The number of hydrazone groups is 1. The van der Waals surface area contributed by atoms with Gasteiger partial charge in [-0.3, -0.25) is 5.01 Å². The molecule has 0 fully saturated rings. The third-order valence-corrected chi connectivity index (χ3v) is 9.92. The van der Waals surface area contributed by atoms with Gasteiger partial charge < -0.3 is 13.9 Å². The SMILES string of the molecule is COc1ccc(/C=N\N(C)CC(P(C)(C)=O)P(C)(C)=O)cc1. The number of ether oxygens (including phenoxy) is 1. The third-order valence-electron chi connectivity index (χ3n) is 3.38. The van der Waals surface area contributed by atoms with E-state index in [1.807, 2.05) is 24.3 Å². The molecule has 0 saturated heterocycles. The summed E-state index contributed by atoms with van der Waals surface area (Å²) >= 11 is 0. The summed E-state index contributed by atoms with van der Waals surface area (Å²) in [6.07, 6.45) is 1.73. The highest BCUT2D eigenvalue weighted by molar-refractivity contribution is 7.80. The third kappa shape index (κ3) is 5.98. The Morgan fingerprint density at radius 1 is 1.14 bits per heavy atom. The maximum Gasteiger partial charge on any atom is 0.118 e. The molecule has 7 heteroatoms. The molecule has 1 aromatic rings. The predicted octanol–water partition coefficient (Wildman–Crippen LogP) is 3.53. The molecule has 0 amide bonds. The van der Waals surface area contributed by atoms with E-state index in [4.69, 9.17) is 4.74 Å². The van der Waals surface area contributed by atoms with Gasteiger partial charge in [-0.2, -0.15) is 5.10 Å². The van der Waals surface area contributed by atoms with Crippen molar-refractivity contribution in [3.05, 3.63) is 29.8 Å². The highest BCUT2D eigenvalue weighted by atomic mass is 31.2. The van der Waals surface area contributed by atoms with Gasteiger partial charge in [-0.1, -0.05) is 0 Å².